The van der Waals surface area contributed by atoms with Gasteiger partial charge in [0, 0.05) is 24.1 Å². The minimum atomic E-state index is -4.96. The molecule has 3 rings (SSSR count). The van der Waals surface area contributed by atoms with E-state index in [1.165, 1.54) is 32.0 Å². The fourth-order valence-corrected chi connectivity index (χ4v) is 3.74. The van der Waals surface area contributed by atoms with E-state index in [2.05, 4.69) is 10.7 Å². The number of carbonyl (C=O) groups excluding carboxylic acids is 1. The molecule has 1 aliphatic rings. The van der Waals surface area contributed by atoms with Gasteiger partial charge < -0.3 is 10.8 Å². The van der Waals surface area contributed by atoms with E-state index in [9.17, 15) is 27.5 Å². The summed E-state index contributed by atoms with van der Waals surface area (Å²) in [6, 6.07) is 11.7. The van der Waals surface area contributed by atoms with Crippen molar-refractivity contribution in [2.45, 2.75) is 50.3 Å². The molecular weight excluding hydrogens is 426 g/mol. The molecule has 0 aromatic heterocycles. The number of Topliss-reactive ketones (excluding diaryl/α,β-unsaturated/α-hetero) is 1. The summed E-state index contributed by atoms with van der Waals surface area (Å²) in [4.78, 5) is 16.5. The van der Waals surface area contributed by atoms with E-state index >= 15 is 0 Å². The van der Waals surface area contributed by atoms with E-state index in [1.54, 1.807) is 24.3 Å². The lowest BCUT2D eigenvalue weighted by molar-refractivity contribution is -0.263. The lowest BCUT2D eigenvalue weighted by atomic mass is 9.73. The van der Waals surface area contributed by atoms with Crippen molar-refractivity contribution in [3.63, 3.8) is 0 Å². The van der Waals surface area contributed by atoms with E-state index in [4.69, 9.17) is 5.41 Å². The Bertz CT molecular complexity index is 1020. The minimum Gasteiger partial charge on any atom is -0.390 e. The summed E-state index contributed by atoms with van der Waals surface area (Å²) in [6.07, 6.45) is -6.02. The van der Waals surface area contributed by atoms with Gasteiger partial charge in [0.25, 0.3) is 0 Å². The molecule has 0 spiro atoms. The zero-order chi connectivity index (χ0) is 24.2. The summed E-state index contributed by atoms with van der Waals surface area (Å²) in [5.41, 5.74) is 1.06. The Hall–Kier alpha value is -3.07. The van der Waals surface area contributed by atoms with E-state index in [-0.39, 0.29) is 17.9 Å². The van der Waals surface area contributed by atoms with E-state index in [1.807, 2.05) is 0 Å². The number of hydrogen-bond donors (Lipinski definition) is 3. The number of nitrogens with one attached hydrogen (secondary N) is 1. The monoisotopic (exact) mass is 451 g/mol. The molecule has 32 heavy (non-hydrogen) atoms. The molecule has 0 aliphatic carbocycles. The maximum Gasteiger partial charge on any atom is 0.417 e. The van der Waals surface area contributed by atoms with Crippen LogP contribution in [0.3, 0.4) is 0 Å². The molecule has 0 radical (unpaired) electrons. The molecule has 172 valence electrons. The van der Waals surface area contributed by atoms with Crippen molar-refractivity contribution >= 4 is 23.5 Å². The Morgan fingerprint density at radius 3 is 2.38 bits per heavy atom. The number of halogens is 4. The van der Waals surface area contributed by atoms with Crippen molar-refractivity contribution in [1.29, 1.82) is 5.41 Å². The SMILES string of the molecule is CC(C)(CC(O)(CC1=Nc2ccccc2C(=O)C1)C(F)(F)F)c1cccc(F)c1.N=CN. The third-order valence-electron chi connectivity index (χ3n) is 5.21. The maximum atomic E-state index is 13.9. The number of aliphatic imine (C=N–C) groups is 1. The number of hydrogen-bond acceptors (Lipinski definition) is 4. The molecule has 1 unspecified atom stereocenters. The number of rotatable bonds is 5. The number of nitrogens with zero attached hydrogens (tertiary/aromatic N) is 1. The van der Waals surface area contributed by atoms with Gasteiger partial charge in [-0.25, -0.2) is 4.39 Å². The number of benzene rings is 2. The van der Waals surface area contributed by atoms with Gasteiger partial charge in [-0.1, -0.05) is 38.1 Å². The molecule has 2 aromatic rings. The first-order valence-corrected chi connectivity index (χ1v) is 9.77. The highest BCUT2D eigenvalue weighted by Gasteiger charge is 2.56. The number of ketones is 1. The molecule has 0 saturated carbocycles. The second-order valence-electron chi connectivity index (χ2n) is 8.24. The third kappa shape index (κ3) is 5.79. The zero-order valence-corrected chi connectivity index (χ0v) is 17.7. The topological polar surface area (TPSA) is 99.5 Å². The van der Waals surface area contributed by atoms with Gasteiger partial charge in [0.05, 0.1) is 12.0 Å². The first kappa shape index (κ1) is 25.2. The quantitative estimate of drug-likeness (QED) is 0.335. The third-order valence-corrected chi connectivity index (χ3v) is 5.21. The van der Waals surface area contributed by atoms with Crippen molar-refractivity contribution in [3.8, 4) is 0 Å². The Morgan fingerprint density at radius 2 is 1.78 bits per heavy atom. The summed E-state index contributed by atoms with van der Waals surface area (Å²) in [5, 5.41) is 16.6. The van der Waals surface area contributed by atoms with Crippen molar-refractivity contribution in [3.05, 3.63) is 65.5 Å². The van der Waals surface area contributed by atoms with Crippen LogP contribution in [-0.2, 0) is 5.41 Å². The van der Waals surface area contributed by atoms with Gasteiger partial charge in [-0.3, -0.25) is 15.2 Å². The molecule has 0 amide bonds. The molecule has 5 nitrogen and oxygen atoms in total. The molecular formula is C23H25F4N3O2. The number of nitrogens with two attached hydrogens (primary N) is 1. The maximum absolute atomic E-state index is 13.9. The summed E-state index contributed by atoms with van der Waals surface area (Å²) < 4.78 is 55.3. The number of alkyl halides is 3. The Labute approximate surface area is 183 Å². The smallest absolute Gasteiger partial charge is 0.390 e. The zero-order valence-electron chi connectivity index (χ0n) is 17.7. The van der Waals surface area contributed by atoms with Crippen molar-refractivity contribution in [2.75, 3.05) is 0 Å². The fourth-order valence-electron chi connectivity index (χ4n) is 3.74. The van der Waals surface area contributed by atoms with Gasteiger partial charge in [-0.05, 0) is 41.7 Å². The normalized spacial score (nSPS) is 15.6. The van der Waals surface area contributed by atoms with Crippen LogP contribution in [0.5, 0.6) is 0 Å². The minimum absolute atomic E-state index is 0.0245. The van der Waals surface area contributed by atoms with Crippen LogP contribution in [0.1, 0.15) is 49.0 Å². The first-order chi connectivity index (χ1) is 14.8. The number of aliphatic hydroxyl groups is 1. The lowest BCUT2D eigenvalue weighted by Gasteiger charge is -2.38. The molecule has 0 saturated heterocycles. The van der Waals surface area contributed by atoms with E-state index in [0.29, 0.717) is 16.8 Å². The Kier molecular flexibility index (Phi) is 7.56. The molecule has 1 atom stereocenters. The van der Waals surface area contributed by atoms with Gasteiger partial charge in [0.1, 0.15) is 5.82 Å². The molecule has 1 heterocycles. The van der Waals surface area contributed by atoms with Crippen LogP contribution < -0.4 is 5.73 Å². The van der Waals surface area contributed by atoms with Crippen LogP contribution in [0.25, 0.3) is 0 Å². The molecule has 2 aromatic carbocycles. The summed E-state index contributed by atoms with van der Waals surface area (Å²) in [7, 11) is 0. The number of carbonyl (C=O) groups is 1. The van der Waals surface area contributed by atoms with Crippen LogP contribution >= 0.6 is 0 Å². The molecule has 0 fully saturated rings. The molecule has 4 N–H and O–H groups in total. The predicted molar refractivity (Wildman–Crippen MR) is 115 cm³/mol. The van der Waals surface area contributed by atoms with Crippen molar-refractivity contribution < 1.29 is 27.5 Å². The second-order valence-corrected chi connectivity index (χ2v) is 8.24. The predicted octanol–water partition coefficient (Wildman–Crippen LogP) is 5.09. The van der Waals surface area contributed by atoms with Crippen LogP contribution in [0.4, 0.5) is 23.2 Å². The van der Waals surface area contributed by atoms with E-state index in [0.717, 1.165) is 12.4 Å². The van der Waals surface area contributed by atoms with Crippen LogP contribution in [-0.4, -0.2) is 34.7 Å². The molecule has 0 bridgehead atoms. The van der Waals surface area contributed by atoms with Crippen LogP contribution in [0, 0.1) is 11.2 Å². The molecule has 1 aliphatic heterocycles. The first-order valence-electron chi connectivity index (χ1n) is 9.77. The van der Waals surface area contributed by atoms with Gasteiger partial charge >= 0.3 is 6.18 Å². The van der Waals surface area contributed by atoms with Gasteiger partial charge in [0.15, 0.2) is 11.4 Å². The van der Waals surface area contributed by atoms with Gasteiger partial charge in [-0.2, -0.15) is 13.2 Å². The highest BCUT2D eigenvalue weighted by atomic mass is 19.4. The van der Waals surface area contributed by atoms with Crippen molar-refractivity contribution in [2.24, 2.45) is 10.7 Å². The van der Waals surface area contributed by atoms with Crippen LogP contribution in [0.15, 0.2) is 53.5 Å². The van der Waals surface area contributed by atoms with Gasteiger partial charge in [0.2, 0.25) is 0 Å². The number of para-hydroxylation sites is 1. The highest BCUT2D eigenvalue weighted by molar-refractivity contribution is 6.15. The Balaban J connectivity index is 0.00000114. The largest absolute Gasteiger partial charge is 0.417 e. The van der Waals surface area contributed by atoms with Gasteiger partial charge in [-0.15, -0.1) is 0 Å². The average molecular weight is 451 g/mol. The standard InChI is InChI=1S/C22H21F4NO2.CH4N2/c1-20(2,14-6-5-7-15(23)10-14)13-21(29,22(24,25)26)12-16-11-19(28)17-8-3-4-9-18(17)27-16;2-1-3/h3-10,29H,11-13H2,1-2H3;1H,(H3,2,3). The number of fused-ring (bicyclic) bond motifs is 1. The lowest BCUT2D eigenvalue weighted by Crippen LogP contribution is -2.50. The summed E-state index contributed by atoms with van der Waals surface area (Å²) >= 11 is 0. The second kappa shape index (κ2) is 9.60. The highest BCUT2D eigenvalue weighted by Crippen LogP contribution is 2.44. The van der Waals surface area contributed by atoms with Crippen LogP contribution in [0.2, 0.25) is 0 Å². The summed E-state index contributed by atoms with van der Waals surface area (Å²) in [5.74, 6) is -0.899. The average Bonchev–Trinajstić information content (AvgIpc) is 2.67. The van der Waals surface area contributed by atoms with Crippen molar-refractivity contribution in [1.82, 2.24) is 0 Å². The molecule has 9 heteroatoms. The Morgan fingerprint density at radius 1 is 1.16 bits per heavy atom. The summed E-state index contributed by atoms with van der Waals surface area (Å²) in [6.45, 7) is 3.03. The fraction of sp³-hybridized carbons (Fsp3) is 0.348. The van der Waals surface area contributed by atoms with E-state index < -0.39 is 35.9 Å².